The van der Waals surface area contributed by atoms with Gasteiger partial charge in [0.15, 0.2) is 0 Å². The van der Waals surface area contributed by atoms with Crippen molar-refractivity contribution in [3.63, 3.8) is 0 Å². The van der Waals surface area contributed by atoms with Gasteiger partial charge in [-0.25, -0.2) is 0 Å². The number of rotatable bonds is 4. The van der Waals surface area contributed by atoms with Gasteiger partial charge in [0.05, 0.1) is 0 Å². The third-order valence-corrected chi connectivity index (χ3v) is 3.43. The zero-order chi connectivity index (χ0) is 14.5. The highest BCUT2D eigenvalue weighted by atomic mass is 16.2. The van der Waals surface area contributed by atoms with Crippen molar-refractivity contribution in [2.45, 2.75) is 19.8 Å². The lowest BCUT2D eigenvalue weighted by Gasteiger charge is -2.18. The molecule has 2 N–H and O–H groups in total. The van der Waals surface area contributed by atoms with Gasteiger partial charge < -0.3 is 10.6 Å². The molecule has 2 rings (SSSR count). The van der Waals surface area contributed by atoms with Crippen molar-refractivity contribution in [2.75, 3.05) is 17.7 Å². The number of hydrogen-bond acceptors (Lipinski definition) is 2. The first-order valence-electron chi connectivity index (χ1n) is 6.74. The Hall–Kier alpha value is -2.29. The monoisotopic (exact) mass is 268 g/mol. The lowest BCUT2D eigenvalue weighted by molar-refractivity contribution is -0.118. The maximum atomic E-state index is 12.2. The summed E-state index contributed by atoms with van der Waals surface area (Å²) in [5.41, 5.74) is 9.74. The minimum atomic E-state index is 0.0962. The van der Waals surface area contributed by atoms with Crippen LogP contribution in [0.1, 0.15) is 17.5 Å². The van der Waals surface area contributed by atoms with Crippen LogP contribution in [0.25, 0.3) is 0 Å². The number of nitrogens with two attached hydrogens (primary N) is 1. The number of carbonyl (C=O) groups excluding carboxylic acids is 1. The third kappa shape index (κ3) is 3.38. The van der Waals surface area contributed by atoms with E-state index < -0.39 is 0 Å². The molecule has 0 unspecified atom stereocenters. The van der Waals surface area contributed by atoms with E-state index in [-0.39, 0.29) is 5.91 Å². The topological polar surface area (TPSA) is 46.3 Å². The molecule has 0 heterocycles. The van der Waals surface area contributed by atoms with E-state index in [1.54, 1.807) is 4.90 Å². The average molecular weight is 268 g/mol. The first kappa shape index (κ1) is 14.1. The SMILES string of the molecule is Cc1cccc(N(C)C(=O)CCc2ccccc2N)c1. The standard InChI is InChI=1S/C17H20N2O/c1-13-6-5-8-15(12-13)19(2)17(20)11-10-14-7-3-4-9-16(14)18/h3-9,12H,10-11,18H2,1-2H3. The maximum absolute atomic E-state index is 12.2. The van der Waals surface area contributed by atoms with E-state index in [9.17, 15) is 4.79 Å². The molecule has 0 aliphatic rings. The molecule has 0 radical (unpaired) electrons. The Kier molecular flexibility index (Phi) is 4.41. The summed E-state index contributed by atoms with van der Waals surface area (Å²) in [6.07, 6.45) is 1.13. The van der Waals surface area contributed by atoms with E-state index in [1.807, 2.05) is 62.5 Å². The zero-order valence-electron chi connectivity index (χ0n) is 12.0. The van der Waals surface area contributed by atoms with Crippen molar-refractivity contribution >= 4 is 17.3 Å². The predicted molar refractivity (Wildman–Crippen MR) is 83.8 cm³/mol. The molecule has 0 aliphatic carbocycles. The fraction of sp³-hybridized carbons (Fsp3) is 0.235. The highest BCUT2D eigenvalue weighted by Gasteiger charge is 2.11. The second-order valence-electron chi connectivity index (χ2n) is 4.99. The van der Waals surface area contributed by atoms with Crippen LogP contribution in [0.4, 0.5) is 11.4 Å². The first-order chi connectivity index (χ1) is 9.58. The smallest absolute Gasteiger partial charge is 0.227 e. The molecule has 0 aromatic heterocycles. The van der Waals surface area contributed by atoms with E-state index in [2.05, 4.69) is 0 Å². The van der Waals surface area contributed by atoms with Crippen molar-refractivity contribution in [3.05, 3.63) is 59.7 Å². The average Bonchev–Trinajstić information content (AvgIpc) is 2.45. The molecule has 20 heavy (non-hydrogen) atoms. The molecule has 3 nitrogen and oxygen atoms in total. The number of nitrogen functional groups attached to an aromatic ring is 1. The summed E-state index contributed by atoms with van der Waals surface area (Å²) >= 11 is 0. The lowest BCUT2D eigenvalue weighted by atomic mass is 10.1. The number of aryl methyl sites for hydroxylation is 2. The molecule has 0 fully saturated rings. The Labute approximate surface area is 120 Å². The van der Waals surface area contributed by atoms with Crippen LogP contribution in [0.3, 0.4) is 0 Å². The van der Waals surface area contributed by atoms with Crippen LogP contribution in [0.2, 0.25) is 0 Å². The van der Waals surface area contributed by atoms with E-state index in [0.717, 1.165) is 22.5 Å². The highest BCUT2D eigenvalue weighted by molar-refractivity contribution is 5.93. The second-order valence-corrected chi connectivity index (χ2v) is 4.99. The van der Waals surface area contributed by atoms with Crippen molar-refractivity contribution < 1.29 is 4.79 Å². The summed E-state index contributed by atoms with van der Waals surface area (Å²) in [7, 11) is 1.81. The van der Waals surface area contributed by atoms with Crippen LogP contribution >= 0.6 is 0 Å². The molecule has 0 saturated heterocycles. The quantitative estimate of drug-likeness (QED) is 0.866. The largest absolute Gasteiger partial charge is 0.399 e. The van der Waals surface area contributed by atoms with Gasteiger partial charge in [-0.05, 0) is 42.7 Å². The second kappa shape index (κ2) is 6.24. The molecular formula is C17H20N2O. The van der Waals surface area contributed by atoms with Crippen LogP contribution in [0.5, 0.6) is 0 Å². The van der Waals surface area contributed by atoms with Gasteiger partial charge in [0.2, 0.25) is 5.91 Å². The minimum Gasteiger partial charge on any atom is -0.399 e. The number of benzene rings is 2. The number of anilines is 2. The Morgan fingerprint density at radius 3 is 2.60 bits per heavy atom. The van der Waals surface area contributed by atoms with Crippen LogP contribution in [-0.2, 0) is 11.2 Å². The third-order valence-electron chi connectivity index (χ3n) is 3.43. The number of para-hydroxylation sites is 1. The number of amides is 1. The van der Waals surface area contributed by atoms with E-state index >= 15 is 0 Å². The van der Waals surface area contributed by atoms with Crippen LogP contribution in [-0.4, -0.2) is 13.0 Å². The first-order valence-corrected chi connectivity index (χ1v) is 6.74. The Balaban J connectivity index is 2.00. The van der Waals surface area contributed by atoms with Gasteiger partial charge in [-0.15, -0.1) is 0 Å². The summed E-state index contributed by atoms with van der Waals surface area (Å²) in [6.45, 7) is 2.02. The lowest BCUT2D eigenvalue weighted by Crippen LogP contribution is -2.26. The molecule has 0 spiro atoms. The molecule has 0 saturated carbocycles. The molecular weight excluding hydrogens is 248 g/mol. The van der Waals surface area contributed by atoms with Gasteiger partial charge >= 0.3 is 0 Å². The number of hydrogen-bond donors (Lipinski definition) is 1. The van der Waals surface area contributed by atoms with Crippen LogP contribution in [0.15, 0.2) is 48.5 Å². The molecule has 3 heteroatoms. The predicted octanol–water partition coefficient (Wildman–Crippen LogP) is 3.17. The van der Waals surface area contributed by atoms with Crippen molar-refractivity contribution in [3.8, 4) is 0 Å². The van der Waals surface area contributed by atoms with E-state index in [4.69, 9.17) is 5.73 Å². The molecule has 1 amide bonds. The van der Waals surface area contributed by atoms with Gasteiger partial charge in [-0.1, -0.05) is 30.3 Å². The van der Waals surface area contributed by atoms with Crippen LogP contribution in [0, 0.1) is 6.92 Å². The van der Waals surface area contributed by atoms with Gasteiger partial charge in [-0.2, -0.15) is 0 Å². The summed E-state index contributed by atoms with van der Waals surface area (Å²) in [4.78, 5) is 13.9. The molecule has 0 atom stereocenters. The van der Waals surface area contributed by atoms with Crippen molar-refractivity contribution in [1.82, 2.24) is 0 Å². The van der Waals surface area contributed by atoms with E-state index in [0.29, 0.717) is 12.8 Å². The number of carbonyl (C=O) groups is 1. The van der Waals surface area contributed by atoms with Gasteiger partial charge in [0.1, 0.15) is 0 Å². The molecule has 0 aliphatic heterocycles. The van der Waals surface area contributed by atoms with E-state index in [1.165, 1.54) is 0 Å². The molecule has 2 aromatic carbocycles. The Bertz CT molecular complexity index is 607. The summed E-state index contributed by atoms with van der Waals surface area (Å²) in [6, 6.07) is 15.6. The van der Waals surface area contributed by atoms with Gasteiger partial charge in [-0.3, -0.25) is 4.79 Å². The fourth-order valence-corrected chi connectivity index (χ4v) is 2.15. The molecule has 2 aromatic rings. The normalized spacial score (nSPS) is 10.3. The Morgan fingerprint density at radius 2 is 1.90 bits per heavy atom. The van der Waals surface area contributed by atoms with Gasteiger partial charge in [0.25, 0.3) is 0 Å². The zero-order valence-corrected chi connectivity index (χ0v) is 12.0. The molecule has 104 valence electrons. The summed E-state index contributed by atoms with van der Waals surface area (Å²) in [5, 5.41) is 0. The van der Waals surface area contributed by atoms with Crippen LogP contribution < -0.4 is 10.6 Å². The Morgan fingerprint density at radius 1 is 1.15 bits per heavy atom. The van der Waals surface area contributed by atoms with Crippen molar-refractivity contribution in [2.24, 2.45) is 0 Å². The fourth-order valence-electron chi connectivity index (χ4n) is 2.15. The highest BCUT2D eigenvalue weighted by Crippen LogP contribution is 2.17. The maximum Gasteiger partial charge on any atom is 0.227 e. The summed E-state index contributed by atoms with van der Waals surface area (Å²) < 4.78 is 0. The minimum absolute atomic E-state index is 0.0962. The number of nitrogens with zero attached hydrogens (tertiary/aromatic N) is 1. The molecule has 0 bridgehead atoms. The van der Waals surface area contributed by atoms with Crippen molar-refractivity contribution in [1.29, 1.82) is 0 Å². The summed E-state index contributed by atoms with van der Waals surface area (Å²) in [5.74, 6) is 0.0962. The van der Waals surface area contributed by atoms with Gasteiger partial charge in [0, 0.05) is 24.8 Å².